The lowest BCUT2D eigenvalue weighted by Crippen LogP contribution is -2.43. The minimum atomic E-state index is -0.102. The van der Waals surface area contributed by atoms with Crippen LogP contribution in [0, 0.1) is 6.92 Å². The van der Waals surface area contributed by atoms with E-state index in [1.54, 1.807) is 21.1 Å². The molecule has 4 rings (SSSR count). The lowest BCUT2D eigenvalue weighted by Gasteiger charge is -2.35. The van der Waals surface area contributed by atoms with Gasteiger partial charge >= 0.3 is 0 Å². The molecule has 2 aromatic heterocycles. The summed E-state index contributed by atoms with van der Waals surface area (Å²) < 4.78 is 14.6. The third-order valence-electron chi connectivity index (χ3n) is 5.69. The summed E-state index contributed by atoms with van der Waals surface area (Å²) in [5, 5.41) is 4.48. The second-order valence-corrected chi connectivity index (χ2v) is 8.04. The van der Waals surface area contributed by atoms with Gasteiger partial charge < -0.3 is 18.9 Å². The van der Waals surface area contributed by atoms with E-state index in [0.29, 0.717) is 23.9 Å². The monoisotopic (exact) mass is 411 g/mol. The first kappa shape index (κ1) is 20.6. The lowest BCUT2D eigenvalue weighted by molar-refractivity contribution is 0.0989. The largest absolute Gasteiger partial charge is 0.383 e. The van der Waals surface area contributed by atoms with Gasteiger partial charge in [0.25, 0.3) is 5.56 Å². The van der Waals surface area contributed by atoms with Crippen LogP contribution in [0.4, 0.5) is 5.69 Å². The standard InChI is InChI=1S/C22H29N5O3/c1-14-10-19(24-25(4)22(14)28)21-23-18-7-6-17(26-8-9-30-13-15(26)2)11-20(18)27(21)16(3)12-29-5/h6-7,10-11,15-16H,8-9,12-13H2,1-5H3/t15-,16-/m0/s1. The molecule has 8 nitrogen and oxygen atoms in total. The summed E-state index contributed by atoms with van der Waals surface area (Å²) in [5.74, 6) is 0.737. The minimum absolute atomic E-state index is 0.0479. The first-order valence-electron chi connectivity index (χ1n) is 10.3. The minimum Gasteiger partial charge on any atom is -0.383 e. The number of anilines is 1. The van der Waals surface area contributed by atoms with Gasteiger partial charge in [0, 0.05) is 38.0 Å². The Kier molecular flexibility index (Phi) is 5.62. The van der Waals surface area contributed by atoms with E-state index in [4.69, 9.17) is 14.5 Å². The zero-order chi connectivity index (χ0) is 21.4. The van der Waals surface area contributed by atoms with Crippen molar-refractivity contribution in [1.29, 1.82) is 0 Å². The Bertz CT molecular complexity index is 1090. The summed E-state index contributed by atoms with van der Waals surface area (Å²) in [4.78, 5) is 19.4. The Morgan fingerprint density at radius 3 is 2.83 bits per heavy atom. The second-order valence-electron chi connectivity index (χ2n) is 8.04. The van der Waals surface area contributed by atoms with Crippen molar-refractivity contribution in [3.05, 3.63) is 40.2 Å². The molecule has 1 aromatic carbocycles. The molecule has 1 saturated heterocycles. The number of aromatic nitrogens is 4. The maximum absolute atomic E-state index is 12.1. The van der Waals surface area contributed by atoms with Crippen LogP contribution in [0.15, 0.2) is 29.1 Å². The van der Waals surface area contributed by atoms with Crippen LogP contribution < -0.4 is 10.5 Å². The van der Waals surface area contributed by atoms with E-state index >= 15 is 0 Å². The van der Waals surface area contributed by atoms with Gasteiger partial charge in [0.2, 0.25) is 0 Å². The number of benzene rings is 1. The summed E-state index contributed by atoms with van der Waals surface area (Å²) in [5.41, 5.74) is 4.29. The predicted octanol–water partition coefficient (Wildman–Crippen LogP) is 2.54. The summed E-state index contributed by atoms with van der Waals surface area (Å²) in [6.45, 7) is 8.95. The molecule has 3 heterocycles. The Labute approximate surface area is 176 Å². The molecule has 3 aromatic rings. The summed E-state index contributed by atoms with van der Waals surface area (Å²) >= 11 is 0. The topological polar surface area (TPSA) is 74.4 Å². The number of ether oxygens (including phenoxy) is 2. The molecule has 0 amide bonds. The van der Waals surface area contributed by atoms with Crippen LogP contribution in [-0.4, -0.2) is 58.8 Å². The van der Waals surface area contributed by atoms with E-state index in [9.17, 15) is 4.79 Å². The third-order valence-corrected chi connectivity index (χ3v) is 5.69. The fourth-order valence-corrected chi connectivity index (χ4v) is 4.18. The van der Waals surface area contributed by atoms with Gasteiger partial charge in [0.15, 0.2) is 5.82 Å². The van der Waals surface area contributed by atoms with E-state index in [1.165, 1.54) is 4.68 Å². The number of imidazole rings is 1. The van der Waals surface area contributed by atoms with E-state index < -0.39 is 0 Å². The highest BCUT2D eigenvalue weighted by Crippen LogP contribution is 2.31. The van der Waals surface area contributed by atoms with Gasteiger partial charge in [-0.05, 0) is 45.0 Å². The van der Waals surface area contributed by atoms with Gasteiger partial charge in [-0.25, -0.2) is 9.67 Å². The lowest BCUT2D eigenvalue weighted by atomic mass is 10.2. The van der Waals surface area contributed by atoms with Crippen molar-refractivity contribution in [1.82, 2.24) is 19.3 Å². The highest BCUT2D eigenvalue weighted by atomic mass is 16.5. The van der Waals surface area contributed by atoms with Crippen LogP contribution in [0.25, 0.3) is 22.6 Å². The maximum atomic E-state index is 12.1. The molecule has 30 heavy (non-hydrogen) atoms. The highest BCUT2D eigenvalue weighted by molar-refractivity contribution is 5.84. The van der Waals surface area contributed by atoms with Gasteiger partial charge in [0.05, 0.1) is 36.9 Å². The van der Waals surface area contributed by atoms with Gasteiger partial charge in [0.1, 0.15) is 5.69 Å². The molecule has 0 saturated carbocycles. The molecule has 0 spiro atoms. The molecule has 1 aliphatic heterocycles. The van der Waals surface area contributed by atoms with Gasteiger partial charge in [-0.3, -0.25) is 4.79 Å². The van der Waals surface area contributed by atoms with Crippen LogP contribution in [0.2, 0.25) is 0 Å². The smallest absolute Gasteiger partial charge is 0.269 e. The molecule has 1 fully saturated rings. The summed E-state index contributed by atoms with van der Waals surface area (Å²) in [7, 11) is 3.37. The summed E-state index contributed by atoms with van der Waals surface area (Å²) in [6, 6.07) is 8.54. The quantitative estimate of drug-likeness (QED) is 0.642. The number of fused-ring (bicyclic) bond motifs is 1. The number of hydrogen-bond acceptors (Lipinski definition) is 6. The Balaban J connectivity index is 1.90. The number of morpholine rings is 1. The normalized spacial score (nSPS) is 18.2. The Morgan fingerprint density at radius 2 is 2.13 bits per heavy atom. The molecule has 2 atom stereocenters. The van der Waals surface area contributed by atoms with Crippen LogP contribution in [0.5, 0.6) is 0 Å². The van der Waals surface area contributed by atoms with Crippen molar-refractivity contribution < 1.29 is 9.47 Å². The van der Waals surface area contributed by atoms with Crippen LogP contribution in [-0.2, 0) is 16.5 Å². The summed E-state index contributed by atoms with van der Waals surface area (Å²) in [6.07, 6.45) is 0. The van der Waals surface area contributed by atoms with Crippen LogP contribution in [0.1, 0.15) is 25.5 Å². The highest BCUT2D eigenvalue weighted by Gasteiger charge is 2.23. The average molecular weight is 412 g/mol. The number of hydrogen-bond donors (Lipinski definition) is 0. The molecule has 0 aliphatic carbocycles. The van der Waals surface area contributed by atoms with E-state index in [0.717, 1.165) is 42.3 Å². The first-order chi connectivity index (χ1) is 14.4. The molecular weight excluding hydrogens is 382 g/mol. The molecule has 1 aliphatic rings. The van der Waals surface area contributed by atoms with E-state index in [1.807, 2.05) is 6.07 Å². The first-order valence-corrected chi connectivity index (χ1v) is 10.3. The van der Waals surface area contributed by atoms with Crippen molar-refractivity contribution in [3.63, 3.8) is 0 Å². The third kappa shape index (κ3) is 3.61. The van der Waals surface area contributed by atoms with Crippen molar-refractivity contribution in [2.24, 2.45) is 7.05 Å². The molecule has 160 valence electrons. The van der Waals surface area contributed by atoms with Crippen molar-refractivity contribution in [3.8, 4) is 11.5 Å². The Hall–Kier alpha value is -2.71. The molecule has 0 radical (unpaired) electrons. The SMILES string of the molecule is COC[C@H](C)n1c(-c2cc(C)c(=O)n(C)n2)nc2ccc(N3CCOC[C@@H]3C)cc21. The molecule has 0 N–H and O–H groups in total. The zero-order valence-corrected chi connectivity index (χ0v) is 18.3. The number of rotatable bonds is 5. The second kappa shape index (κ2) is 8.20. The molecule has 8 heteroatoms. The Morgan fingerprint density at radius 1 is 1.33 bits per heavy atom. The number of methoxy groups -OCH3 is 1. The van der Waals surface area contributed by atoms with Gasteiger partial charge in [-0.1, -0.05) is 0 Å². The fraction of sp³-hybridized carbons (Fsp3) is 0.500. The zero-order valence-electron chi connectivity index (χ0n) is 18.3. The predicted molar refractivity (Wildman–Crippen MR) is 117 cm³/mol. The molecule has 0 bridgehead atoms. The average Bonchev–Trinajstić information content (AvgIpc) is 3.11. The fourth-order valence-electron chi connectivity index (χ4n) is 4.18. The van der Waals surface area contributed by atoms with E-state index in [-0.39, 0.29) is 11.6 Å². The van der Waals surface area contributed by atoms with Crippen molar-refractivity contribution >= 4 is 16.7 Å². The number of aryl methyl sites for hydroxylation is 2. The van der Waals surface area contributed by atoms with E-state index in [2.05, 4.69) is 46.6 Å². The number of nitrogens with zero attached hydrogens (tertiary/aromatic N) is 5. The van der Waals surface area contributed by atoms with Crippen LogP contribution in [0.3, 0.4) is 0 Å². The van der Waals surface area contributed by atoms with Crippen molar-refractivity contribution in [2.45, 2.75) is 32.9 Å². The molecule has 0 unspecified atom stereocenters. The molecular formula is C22H29N5O3. The van der Waals surface area contributed by atoms with Crippen LogP contribution >= 0.6 is 0 Å². The van der Waals surface area contributed by atoms with Gasteiger partial charge in [-0.15, -0.1) is 0 Å². The van der Waals surface area contributed by atoms with Crippen molar-refractivity contribution in [2.75, 3.05) is 38.4 Å². The maximum Gasteiger partial charge on any atom is 0.269 e. The van der Waals surface area contributed by atoms with Gasteiger partial charge in [-0.2, -0.15) is 5.10 Å².